The van der Waals surface area contributed by atoms with Crippen LogP contribution in [0.1, 0.15) is 10.9 Å². The lowest BCUT2D eigenvalue weighted by Gasteiger charge is -2.24. The van der Waals surface area contributed by atoms with Crippen LogP contribution in [0.25, 0.3) is 0 Å². The second-order valence-electron chi connectivity index (χ2n) is 4.58. The molecule has 0 spiro atoms. The van der Waals surface area contributed by atoms with E-state index in [-0.39, 0.29) is 16.3 Å². The molecule has 1 aliphatic heterocycles. The molecule has 3 rings (SSSR count). The van der Waals surface area contributed by atoms with Gasteiger partial charge in [-0.3, -0.25) is 9.69 Å². The first-order valence-electron chi connectivity index (χ1n) is 6.20. The SMILES string of the molecule is O=C1CS[C@H](c2cccc(Br)c2)N1c1ccc(F)c(Cl)c1. The molecule has 1 atom stereocenters. The van der Waals surface area contributed by atoms with Gasteiger partial charge in [0.25, 0.3) is 0 Å². The summed E-state index contributed by atoms with van der Waals surface area (Å²) in [5.41, 5.74) is 1.63. The minimum Gasteiger partial charge on any atom is -0.295 e. The number of benzene rings is 2. The van der Waals surface area contributed by atoms with E-state index in [9.17, 15) is 9.18 Å². The number of amides is 1. The normalized spacial score (nSPS) is 18.3. The Morgan fingerprint density at radius 2 is 2.10 bits per heavy atom. The number of hydrogen-bond donors (Lipinski definition) is 0. The number of carbonyl (C=O) groups excluding carboxylic acids is 1. The van der Waals surface area contributed by atoms with Crippen LogP contribution >= 0.6 is 39.3 Å². The zero-order valence-corrected chi connectivity index (χ0v) is 13.9. The van der Waals surface area contributed by atoms with Crippen LogP contribution in [0.15, 0.2) is 46.9 Å². The van der Waals surface area contributed by atoms with Crippen LogP contribution in [0, 0.1) is 5.82 Å². The smallest absolute Gasteiger partial charge is 0.238 e. The Morgan fingerprint density at radius 3 is 2.81 bits per heavy atom. The van der Waals surface area contributed by atoms with Crippen molar-refractivity contribution in [3.8, 4) is 0 Å². The van der Waals surface area contributed by atoms with Crippen molar-refractivity contribution in [2.24, 2.45) is 0 Å². The van der Waals surface area contributed by atoms with E-state index in [4.69, 9.17) is 11.6 Å². The Morgan fingerprint density at radius 1 is 1.29 bits per heavy atom. The maximum absolute atomic E-state index is 13.3. The molecule has 0 saturated carbocycles. The summed E-state index contributed by atoms with van der Waals surface area (Å²) < 4.78 is 14.3. The Bertz CT molecular complexity index is 712. The van der Waals surface area contributed by atoms with Crippen LogP contribution in [0.3, 0.4) is 0 Å². The lowest BCUT2D eigenvalue weighted by atomic mass is 10.2. The highest BCUT2D eigenvalue weighted by molar-refractivity contribution is 9.10. The predicted octanol–water partition coefficient (Wildman–Crippen LogP) is 5.02. The zero-order chi connectivity index (χ0) is 15.0. The van der Waals surface area contributed by atoms with Gasteiger partial charge in [-0.2, -0.15) is 0 Å². The second-order valence-corrected chi connectivity index (χ2v) is 6.97. The highest BCUT2D eigenvalue weighted by atomic mass is 79.9. The van der Waals surface area contributed by atoms with Gasteiger partial charge >= 0.3 is 0 Å². The van der Waals surface area contributed by atoms with Gasteiger partial charge in [0, 0.05) is 10.2 Å². The third-order valence-corrected chi connectivity index (χ3v) is 5.18. The summed E-state index contributed by atoms with van der Waals surface area (Å²) >= 11 is 10.8. The molecule has 1 fully saturated rings. The maximum Gasteiger partial charge on any atom is 0.238 e. The first-order chi connectivity index (χ1) is 10.1. The molecule has 2 nitrogen and oxygen atoms in total. The number of thioether (sulfide) groups is 1. The summed E-state index contributed by atoms with van der Waals surface area (Å²) in [6, 6.07) is 12.2. The third kappa shape index (κ3) is 2.96. The van der Waals surface area contributed by atoms with Gasteiger partial charge in [0.2, 0.25) is 5.91 Å². The molecule has 0 radical (unpaired) electrons. The Balaban J connectivity index is 2.01. The van der Waals surface area contributed by atoms with Crippen molar-refractivity contribution in [2.75, 3.05) is 10.7 Å². The molecule has 0 aromatic heterocycles. The predicted molar refractivity (Wildman–Crippen MR) is 88.2 cm³/mol. The van der Waals surface area contributed by atoms with Crippen molar-refractivity contribution < 1.29 is 9.18 Å². The molecule has 21 heavy (non-hydrogen) atoms. The average Bonchev–Trinajstić information content (AvgIpc) is 2.84. The van der Waals surface area contributed by atoms with E-state index in [1.54, 1.807) is 22.7 Å². The fourth-order valence-corrected chi connectivity index (χ4v) is 4.00. The van der Waals surface area contributed by atoms with Gasteiger partial charge in [0.05, 0.1) is 10.8 Å². The van der Waals surface area contributed by atoms with Crippen molar-refractivity contribution in [2.45, 2.75) is 5.37 Å². The number of hydrogen-bond acceptors (Lipinski definition) is 2. The molecule has 0 N–H and O–H groups in total. The van der Waals surface area contributed by atoms with Crippen LogP contribution < -0.4 is 4.90 Å². The highest BCUT2D eigenvalue weighted by Gasteiger charge is 2.34. The molecule has 0 bridgehead atoms. The number of nitrogens with zero attached hydrogens (tertiary/aromatic N) is 1. The van der Waals surface area contributed by atoms with Crippen molar-refractivity contribution in [3.63, 3.8) is 0 Å². The van der Waals surface area contributed by atoms with Crippen LogP contribution in [-0.4, -0.2) is 11.7 Å². The van der Waals surface area contributed by atoms with E-state index < -0.39 is 5.82 Å². The van der Waals surface area contributed by atoms with E-state index in [2.05, 4.69) is 15.9 Å². The molecule has 6 heteroatoms. The lowest BCUT2D eigenvalue weighted by Crippen LogP contribution is -2.27. The number of carbonyl (C=O) groups is 1. The van der Waals surface area contributed by atoms with Gasteiger partial charge in [0.1, 0.15) is 11.2 Å². The molecular weight excluding hydrogens is 377 g/mol. The molecular formula is C15H10BrClFNOS. The van der Waals surface area contributed by atoms with Crippen LogP contribution in [-0.2, 0) is 4.79 Å². The fraction of sp³-hybridized carbons (Fsp3) is 0.133. The van der Waals surface area contributed by atoms with Gasteiger partial charge < -0.3 is 0 Å². The van der Waals surface area contributed by atoms with Crippen LogP contribution in [0.2, 0.25) is 5.02 Å². The van der Waals surface area contributed by atoms with Gasteiger partial charge in [-0.15, -0.1) is 11.8 Å². The van der Waals surface area contributed by atoms with Gasteiger partial charge in [0.15, 0.2) is 0 Å². The molecule has 1 saturated heterocycles. The van der Waals surface area contributed by atoms with Crippen molar-refractivity contribution in [3.05, 3.63) is 63.3 Å². The Kier molecular flexibility index (Phi) is 4.24. The number of rotatable bonds is 2. The van der Waals surface area contributed by atoms with E-state index in [1.807, 2.05) is 24.3 Å². The lowest BCUT2D eigenvalue weighted by molar-refractivity contribution is -0.115. The molecule has 2 aromatic carbocycles. The fourth-order valence-electron chi connectivity index (χ4n) is 2.24. The molecule has 1 heterocycles. The van der Waals surface area contributed by atoms with E-state index >= 15 is 0 Å². The molecule has 0 aliphatic carbocycles. The van der Waals surface area contributed by atoms with E-state index in [0.717, 1.165) is 10.0 Å². The van der Waals surface area contributed by atoms with Gasteiger partial charge in [-0.1, -0.05) is 39.7 Å². The van der Waals surface area contributed by atoms with Crippen molar-refractivity contribution in [1.29, 1.82) is 0 Å². The topological polar surface area (TPSA) is 20.3 Å². The van der Waals surface area contributed by atoms with Crippen molar-refractivity contribution >= 4 is 50.9 Å². The van der Waals surface area contributed by atoms with E-state index in [0.29, 0.717) is 11.4 Å². The molecule has 1 amide bonds. The first kappa shape index (κ1) is 14.9. The van der Waals surface area contributed by atoms with Gasteiger partial charge in [-0.25, -0.2) is 4.39 Å². The largest absolute Gasteiger partial charge is 0.295 e. The monoisotopic (exact) mass is 385 g/mol. The molecule has 1 aliphatic rings. The Hall–Kier alpha value is -1.04. The van der Waals surface area contributed by atoms with E-state index in [1.165, 1.54) is 12.1 Å². The summed E-state index contributed by atoms with van der Waals surface area (Å²) in [7, 11) is 0. The number of anilines is 1. The summed E-state index contributed by atoms with van der Waals surface area (Å²) in [6.45, 7) is 0. The summed E-state index contributed by atoms with van der Waals surface area (Å²) in [5, 5.41) is -0.110. The van der Waals surface area contributed by atoms with Gasteiger partial charge in [-0.05, 0) is 35.9 Å². The van der Waals surface area contributed by atoms with Crippen molar-refractivity contribution in [1.82, 2.24) is 0 Å². The minimum absolute atomic E-state index is 0.00681. The minimum atomic E-state index is -0.487. The van der Waals surface area contributed by atoms with Crippen LogP contribution in [0.5, 0.6) is 0 Å². The first-order valence-corrected chi connectivity index (χ1v) is 8.42. The standard InChI is InChI=1S/C15H10BrClFNOS/c16-10-3-1-2-9(6-10)15-19(14(20)8-21-15)11-4-5-13(18)12(17)7-11/h1-7,15H,8H2/t15-/m1/s1. The molecule has 2 aromatic rings. The third-order valence-electron chi connectivity index (χ3n) is 3.18. The highest BCUT2D eigenvalue weighted by Crippen LogP contribution is 2.42. The summed E-state index contributed by atoms with van der Waals surface area (Å²) in [5.74, 6) is -0.0991. The zero-order valence-electron chi connectivity index (χ0n) is 10.7. The number of halogens is 3. The quantitative estimate of drug-likeness (QED) is 0.722. The summed E-state index contributed by atoms with van der Waals surface area (Å²) in [6.07, 6.45) is 0. The molecule has 0 unspecified atom stereocenters. The second kappa shape index (κ2) is 5.99. The summed E-state index contributed by atoms with van der Waals surface area (Å²) in [4.78, 5) is 13.9. The maximum atomic E-state index is 13.3. The van der Waals surface area contributed by atoms with Crippen LogP contribution in [0.4, 0.5) is 10.1 Å². The Labute approximate surface area is 139 Å². The average molecular weight is 387 g/mol. The molecule has 108 valence electrons.